The lowest BCUT2D eigenvalue weighted by Gasteiger charge is -2.15. The second kappa shape index (κ2) is 5.48. The average Bonchev–Trinajstić information content (AvgIpc) is 2.65. The van der Waals surface area contributed by atoms with Crippen molar-refractivity contribution in [3.8, 4) is 0 Å². The molecule has 0 aromatic heterocycles. The molecule has 1 rings (SSSR count). The zero-order valence-electron chi connectivity index (χ0n) is 8.91. The number of Topliss-reactive ketones (excluding diaryl/α,β-unsaturated/α-hetero) is 1. The average molecular weight is 212 g/mol. The van der Waals surface area contributed by atoms with Gasteiger partial charge in [-0.05, 0) is 19.8 Å². The summed E-state index contributed by atoms with van der Waals surface area (Å²) in [5.74, 6) is -0.638. The first-order chi connectivity index (χ1) is 7.09. The third kappa shape index (κ3) is 4.10. The number of likely N-dealkylation sites (tertiary alicyclic amines) is 1. The Bertz CT molecular complexity index is 270. The second-order valence-electron chi connectivity index (χ2n) is 3.74. The van der Waals surface area contributed by atoms with Crippen molar-refractivity contribution in [2.45, 2.75) is 26.2 Å². The third-order valence-corrected chi connectivity index (χ3v) is 2.31. The van der Waals surface area contributed by atoms with E-state index >= 15 is 0 Å². The second-order valence-corrected chi connectivity index (χ2v) is 3.74. The van der Waals surface area contributed by atoms with Gasteiger partial charge in [-0.1, -0.05) is 0 Å². The highest BCUT2D eigenvalue weighted by atomic mass is 16.2. The fraction of sp³-hybridized carbons (Fsp3) is 0.700. The smallest absolute Gasteiger partial charge is 0.241 e. The van der Waals surface area contributed by atoms with Crippen LogP contribution in [-0.4, -0.2) is 42.1 Å². The Morgan fingerprint density at radius 2 is 1.80 bits per heavy atom. The van der Waals surface area contributed by atoms with E-state index < -0.39 is 0 Å². The Kier molecular flexibility index (Phi) is 4.27. The van der Waals surface area contributed by atoms with Gasteiger partial charge in [0.2, 0.25) is 11.8 Å². The molecule has 5 nitrogen and oxygen atoms in total. The van der Waals surface area contributed by atoms with E-state index in [1.807, 2.05) is 0 Å². The summed E-state index contributed by atoms with van der Waals surface area (Å²) in [4.78, 5) is 34.9. The predicted octanol–water partition coefficient (Wildman–Crippen LogP) is -0.296. The maximum atomic E-state index is 11.5. The molecule has 0 spiro atoms. The summed E-state index contributed by atoms with van der Waals surface area (Å²) in [6.07, 6.45) is 1.92. The number of nitrogens with zero attached hydrogens (tertiary/aromatic N) is 1. The highest BCUT2D eigenvalue weighted by Gasteiger charge is 2.18. The van der Waals surface area contributed by atoms with Crippen LogP contribution >= 0.6 is 0 Å². The fourth-order valence-corrected chi connectivity index (χ4v) is 1.54. The molecule has 0 bridgehead atoms. The quantitative estimate of drug-likeness (QED) is 0.651. The van der Waals surface area contributed by atoms with Crippen LogP contribution in [0.5, 0.6) is 0 Å². The van der Waals surface area contributed by atoms with Gasteiger partial charge < -0.3 is 10.2 Å². The zero-order valence-corrected chi connectivity index (χ0v) is 8.91. The lowest BCUT2D eigenvalue weighted by Crippen LogP contribution is -2.39. The van der Waals surface area contributed by atoms with E-state index in [-0.39, 0.29) is 30.6 Å². The molecule has 0 aromatic carbocycles. The van der Waals surface area contributed by atoms with Crippen molar-refractivity contribution in [2.75, 3.05) is 19.6 Å². The lowest BCUT2D eigenvalue weighted by molar-refractivity contribution is -0.133. The summed E-state index contributed by atoms with van der Waals surface area (Å²) in [5, 5.41) is 2.44. The Morgan fingerprint density at radius 3 is 2.33 bits per heavy atom. The molecule has 0 radical (unpaired) electrons. The summed E-state index contributed by atoms with van der Waals surface area (Å²) >= 11 is 0. The van der Waals surface area contributed by atoms with Crippen LogP contribution in [0.3, 0.4) is 0 Å². The number of carbonyl (C=O) groups excluding carboxylic acids is 3. The molecule has 1 aliphatic heterocycles. The van der Waals surface area contributed by atoms with E-state index in [1.165, 1.54) is 6.92 Å². The standard InChI is InChI=1S/C10H16N2O3/c1-8(13)6-9(14)11-7-10(15)12-4-2-3-5-12/h2-7H2,1H3,(H,11,14). The van der Waals surface area contributed by atoms with E-state index in [1.54, 1.807) is 4.90 Å². The van der Waals surface area contributed by atoms with E-state index in [0.29, 0.717) is 0 Å². The van der Waals surface area contributed by atoms with Gasteiger partial charge in [0.25, 0.3) is 0 Å². The van der Waals surface area contributed by atoms with Gasteiger partial charge in [-0.15, -0.1) is 0 Å². The number of carbonyl (C=O) groups is 3. The first-order valence-corrected chi connectivity index (χ1v) is 5.13. The predicted molar refractivity (Wildman–Crippen MR) is 54.1 cm³/mol. The summed E-state index contributed by atoms with van der Waals surface area (Å²) < 4.78 is 0. The van der Waals surface area contributed by atoms with Crippen LogP contribution in [0, 0.1) is 0 Å². The zero-order chi connectivity index (χ0) is 11.3. The summed E-state index contributed by atoms with van der Waals surface area (Å²) in [6, 6.07) is 0. The van der Waals surface area contributed by atoms with Crippen molar-refractivity contribution in [1.29, 1.82) is 0 Å². The van der Waals surface area contributed by atoms with Crippen molar-refractivity contribution in [3.63, 3.8) is 0 Å². The minimum atomic E-state index is -0.380. The molecule has 0 aliphatic carbocycles. The molecule has 1 aliphatic rings. The number of ketones is 1. The molecule has 1 N–H and O–H groups in total. The number of hydrogen-bond donors (Lipinski definition) is 1. The molecule has 1 fully saturated rings. The van der Waals surface area contributed by atoms with E-state index in [0.717, 1.165) is 25.9 Å². The van der Waals surface area contributed by atoms with Gasteiger partial charge in [0.1, 0.15) is 5.78 Å². The molecule has 2 amide bonds. The van der Waals surface area contributed by atoms with Crippen molar-refractivity contribution in [3.05, 3.63) is 0 Å². The van der Waals surface area contributed by atoms with E-state index in [4.69, 9.17) is 0 Å². The Balaban J connectivity index is 2.21. The van der Waals surface area contributed by atoms with Crippen LogP contribution < -0.4 is 5.32 Å². The van der Waals surface area contributed by atoms with Gasteiger partial charge in [0.05, 0.1) is 13.0 Å². The van der Waals surface area contributed by atoms with E-state index in [2.05, 4.69) is 5.32 Å². The maximum Gasteiger partial charge on any atom is 0.241 e. The Morgan fingerprint density at radius 1 is 1.20 bits per heavy atom. The van der Waals surface area contributed by atoms with Gasteiger partial charge in [-0.3, -0.25) is 14.4 Å². The summed E-state index contributed by atoms with van der Waals surface area (Å²) in [5.41, 5.74) is 0. The van der Waals surface area contributed by atoms with E-state index in [9.17, 15) is 14.4 Å². The molecule has 1 saturated heterocycles. The van der Waals surface area contributed by atoms with Crippen molar-refractivity contribution in [2.24, 2.45) is 0 Å². The Hall–Kier alpha value is -1.39. The molecule has 15 heavy (non-hydrogen) atoms. The topological polar surface area (TPSA) is 66.5 Å². The SMILES string of the molecule is CC(=O)CC(=O)NCC(=O)N1CCCC1. The van der Waals surface area contributed by atoms with Crippen LogP contribution in [0.1, 0.15) is 26.2 Å². The number of rotatable bonds is 4. The largest absolute Gasteiger partial charge is 0.347 e. The van der Waals surface area contributed by atoms with Crippen LogP contribution in [-0.2, 0) is 14.4 Å². The monoisotopic (exact) mass is 212 g/mol. The van der Waals surface area contributed by atoms with Gasteiger partial charge in [0, 0.05) is 13.1 Å². The highest BCUT2D eigenvalue weighted by molar-refractivity contribution is 5.98. The van der Waals surface area contributed by atoms with Gasteiger partial charge in [-0.2, -0.15) is 0 Å². The first-order valence-electron chi connectivity index (χ1n) is 5.13. The summed E-state index contributed by atoms with van der Waals surface area (Å²) in [7, 11) is 0. The maximum absolute atomic E-state index is 11.5. The molecule has 0 aromatic rings. The number of nitrogens with one attached hydrogen (secondary N) is 1. The number of amides is 2. The van der Waals surface area contributed by atoms with Crippen LogP contribution in [0.2, 0.25) is 0 Å². The highest BCUT2D eigenvalue weighted by Crippen LogP contribution is 2.06. The minimum Gasteiger partial charge on any atom is -0.347 e. The van der Waals surface area contributed by atoms with Crippen molar-refractivity contribution < 1.29 is 14.4 Å². The molecular formula is C10H16N2O3. The van der Waals surface area contributed by atoms with Crippen molar-refractivity contribution >= 4 is 17.6 Å². The van der Waals surface area contributed by atoms with Crippen LogP contribution in [0.25, 0.3) is 0 Å². The normalized spacial score (nSPS) is 15.1. The molecule has 1 heterocycles. The van der Waals surface area contributed by atoms with Gasteiger partial charge in [-0.25, -0.2) is 0 Å². The van der Waals surface area contributed by atoms with Crippen LogP contribution in [0.15, 0.2) is 0 Å². The van der Waals surface area contributed by atoms with Gasteiger partial charge in [0.15, 0.2) is 0 Å². The lowest BCUT2D eigenvalue weighted by atomic mass is 10.3. The first kappa shape index (κ1) is 11.7. The molecule has 0 unspecified atom stereocenters. The third-order valence-electron chi connectivity index (χ3n) is 2.31. The molecule has 0 atom stereocenters. The molecule has 84 valence electrons. The fourth-order valence-electron chi connectivity index (χ4n) is 1.54. The van der Waals surface area contributed by atoms with Gasteiger partial charge >= 0.3 is 0 Å². The molecule has 5 heteroatoms. The molecular weight excluding hydrogens is 196 g/mol. The molecule has 0 saturated carbocycles. The van der Waals surface area contributed by atoms with Crippen molar-refractivity contribution in [1.82, 2.24) is 10.2 Å². The van der Waals surface area contributed by atoms with Crippen LogP contribution in [0.4, 0.5) is 0 Å². The Labute approximate surface area is 88.8 Å². The number of hydrogen-bond acceptors (Lipinski definition) is 3. The minimum absolute atomic E-state index is 0.00606. The summed E-state index contributed by atoms with van der Waals surface area (Å²) in [6.45, 7) is 2.91.